The number of carbonyl (C=O) groups excluding carboxylic acids is 2. The molecule has 0 radical (unpaired) electrons. The number of rotatable bonds is 9. The molecule has 46 heavy (non-hydrogen) atoms. The van der Waals surface area contributed by atoms with E-state index in [1.807, 2.05) is 31.3 Å². The Morgan fingerprint density at radius 3 is 2.30 bits per heavy atom. The van der Waals surface area contributed by atoms with Crippen LogP contribution in [-0.4, -0.2) is 98.6 Å². The maximum atomic E-state index is 12.9. The molecule has 2 fully saturated rings. The van der Waals surface area contributed by atoms with E-state index in [9.17, 15) is 33.0 Å². The van der Waals surface area contributed by atoms with Crippen molar-refractivity contribution in [3.63, 3.8) is 0 Å². The number of aromatic nitrogens is 3. The number of nitrogens with zero attached hydrogens (tertiary/aromatic N) is 5. The number of likely N-dealkylation sites (tertiary alicyclic amines) is 2. The van der Waals surface area contributed by atoms with Crippen LogP contribution in [-0.2, 0) is 11.3 Å². The highest BCUT2D eigenvalue weighted by molar-refractivity contribution is 5.92. The first kappa shape index (κ1) is 33.2. The Morgan fingerprint density at radius 1 is 1.00 bits per heavy atom. The third kappa shape index (κ3) is 7.79. The minimum atomic E-state index is -4.63. The van der Waals surface area contributed by atoms with E-state index in [1.54, 1.807) is 12.1 Å². The average Bonchev–Trinajstić information content (AvgIpc) is 3.62. The van der Waals surface area contributed by atoms with Gasteiger partial charge in [0, 0.05) is 36.8 Å². The zero-order valence-corrected chi connectivity index (χ0v) is 26.1. The number of halogens is 3. The molecule has 0 bridgehead atoms. The Morgan fingerprint density at radius 2 is 1.70 bits per heavy atom. The highest BCUT2D eigenvalue weighted by Gasteiger charge is 2.31. The van der Waals surface area contributed by atoms with E-state index in [0.717, 1.165) is 57.1 Å². The second-order valence-corrected chi connectivity index (χ2v) is 12.5. The van der Waals surface area contributed by atoms with Gasteiger partial charge in [0.05, 0.1) is 5.56 Å². The minimum absolute atomic E-state index is 0.00821. The molecule has 2 aliphatic rings. The van der Waals surface area contributed by atoms with Crippen molar-refractivity contribution in [2.45, 2.75) is 57.8 Å². The predicted molar refractivity (Wildman–Crippen MR) is 165 cm³/mol. The van der Waals surface area contributed by atoms with Crippen molar-refractivity contribution in [2.75, 3.05) is 39.8 Å². The number of likely N-dealkylation sites (N-methyl/N-ethyl adjacent to an activating group) is 1. The molecule has 2 saturated heterocycles. The molecular formula is C32H40F3N7O4. The first-order valence-corrected chi connectivity index (χ1v) is 15.5. The Hall–Kier alpha value is -4.17. The standard InChI is InChI=1S/C32H40F3N7O4/c1-19(2)24-14-25(27(44)15-26(24)43)28-38-39-29(31(46)36-18-32(33,34)35)42(28)23-6-4-20(5-7-23)16-41-12-8-21(9-13-41)30(45)37-22-10-11-40(3)17-22/h4-7,14-15,19,21-22,43-44H,8-13,16-18H2,1-3H3,(H,36,46)(H,37,45). The molecule has 0 aliphatic carbocycles. The van der Waals surface area contributed by atoms with Crippen molar-refractivity contribution in [1.82, 2.24) is 35.2 Å². The summed E-state index contributed by atoms with van der Waals surface area (Å²) in [6.45, 7) is 6.18. The fraction of sp³-hybridized carbons (Fsp3) is 0.500. The molecule has 3 aromatic rings. The van der Waals surface area contributed by atoms with Gasteiger partial charge in [-0.3, -0.25) is 19.1 Å². The van der Waals surface area contributed by atoms with Crippen LogP contribution in [0.4, 0.5) is 13.2 Å². The van der Waals surface area contributed by atoms with Crippen LogP contribution in [0.25, 0.3) is 17.1 Å². The number of nitrogens with one attached hydrogen (secondary N) is 2. The van der Waals surface area contributed by atoms with Crippen LogP contribution in [0.2, 0.25) is 0 Å². The Bertz CT molecular complexity index is 1550. The van der Waals surface area contributed by atoms with Gasteiger partial charge < -0.3 is 25.7 Å². The number of amides is 2. The first-order chi connectivity index (χ1) is 21.8. The van der Waals surface area contributed by atoms with Gasteiger partial charge >= 0.3 is 6.18 Å². The van der Waals surface area contributed by atoms with E-state index in [4.69, 9.17) is 0 Å². The predicted octanol–water partition coefficient (Wildman–Crippen LogP) is 3.79. The number of aromatic hydroxyl groups is 2. The van der Waals surface area contributed by atoms with Gasteiger partial charge in [-0.25, -0.2) is 0 Å². The smallest absolute Gasteiger partial charge is 0.405 e. The number of hydrogen-bond acceptors (Lipinski definition) is 8. The van der Waals surface area contributed by atoms with E-state index in [1.165, 1.54) is 10.6 Å². The Balaban J connectivity index is 1.33. The lowest BCUT2D eigenvalue weighted by molar-refractivity contribution is -0.127. The van der Waals surface area contributed by atoms with Gasteiger partial charge in [-0.15, -0.1) is 10.2 Å². The van der Waals surface area contributed by atoms with Crippen molar-refractivity contribution < 1.29 is 33.0 Å². The van der Waals surface area contributed by atoms with Crippen molar-refractivity contribution in [1.29, 1.82) is 0 Å². The molecule has 1 atom stereocenters. The fourth-order valence-electron chi connectivity index (χ4n) is 6.08. The minimum Gasteiger partial charge on any atom is -0.508 e. The number of phenols is 2. The summed E-state index contributed by atoms with van der Waals surface area (Å²) in [5.74, 6) is -1.92. The normalized spacial score (nSPS) is 18.3. The molecule has 3 heterocycles. The van der Waals surface area contributed by atoms with Gasteiger partial charge in [-0.1, -0.05) is 26.0 Å². The van der Waals surface area contributed by atoms with Crippen molar-refractivity contribution >= 4 is 11.8 Å². The van der Waals surface area contributed by atoms with Crippen molar-refractivity contribution in [3.8, 4) is 28.6 Å². The summed E-state index contributed by atoms with van der Waals surface area (Å²) in [6, 6.07) is 10.0. The van der Waals surface area contributed by atoms with Crippen LogP contribution >= 0.6 is 0 Å². The van der Waals surface area contributed by atoms with Crippen LogP contribution in [0, 0.1) is 5.92 Å². The summed E-state index contributed by atoms with van der Waals surface area (Å²) in [7, 11) is 2.06. The van der Waals surface area contributed by atoms with E-state index < -0.39 is 24.5 Å². The lowest BCUT2D eigenvalue weighted by Crippen LogP contribution is -2.44. The van der Waals surface area contributed by atoms with Crippen molar-refractivity contribution in [3.05, 3.63) is 53.3 Å². The maximum Gasteiger partial charge on any atom is 0.405 e. The van der Waals surface area contributed by atoms with Gasteiger partial charge in [0.1, 0.15) is 18.0 Å². The molecule has 1 aromatic heterocycles. The molecule has 2 amide bonds. The topological polar surface area (TPSA) is 136 Å². The highest BCUT2D eigenvalue weighted by Crippen LogP contribution is 2.38. The van der Waals surface area contributed by atoms with Crippen LogP contribution in [0.15, 0.2) is 36.4 Å². The van der Waals surface area contributed by atoms with Crippen LogP contribution in [0.1, 0.15) is 60.8 Å². The molecule has 0 saturated carbocycles. The second kappa shape index (κ2) is 13.7. The number of phenolic OH excluding ortho intramolecular Hbond substituents is 2. The molecule has 1 unspecified atom stereocenters. The average molecular weight is 644 g/mol. The lowest BCUT2D eigenvalue weighted by Gasteiger charge is -2.32. The van der Waals surface area contributed by atoms with Crippen LogP contribution in [0.3, 0.4) is 0 Å². The summed E-state index contributed by atoms with van der Waals surface area (Å²) in [5.41, 5.74) is 2.02. The molecule has 248 valence electrons. The fourth-order valence-corrected chi connectivity index (χ4v) is 6.08. The molecule has 0 spiro atoms. The van der Waals surface area contributed by atoms with E-state index in [-0.39, 0.29) is 46.7 Å². The Labute approximate surface area is 265 Å². The summed E-state index contributed by atoms with van der Waals surface area (Å²) >= 11 is 0. The molecule has 5 rings (SSSR count). The zero-order chi connectivity index (χ0) is 33.2. The first-order valence-electron chi connectivity index (χ1n) is 15.5. The highest BCUT2D eigenvalue weighted by atomic mass is 19.4. The monoisotopic (exact) mass is 643 g/mol. The van der Waals surface area contributed by atoms with Gasteiger partial charge in [-0.2, -0.15) is 13.2 Å². The Kier molecular flexibility index (Phi) is 9.87. The van der Waals surface area contributed by atoms with Crippen LogP contribution < -0.4 is 10.6 Å². The summed E-state index contributed by atoms with van der Waals surface area (Å²) in [6.07, 6.45) is -2.12. The van der Waals surface area contributed by atoms with Gasteiger partial charge in [0.25, 0.3) is 5.91 Å². The van der Waals surface area contributed by atoms with Crippen molar-refractivity contribution in [2.24, 2.45) is 5.92 Å². The SMILES string of the molecule is CC(C)c1cc(-c2nnc(C(=O)NCC(F)(F)F)n2-c2ccc(CN3CCC(C(=O)NC4CCN(C)C4)CC3)cc2)c(O)cc1O. The number of alkyl halides is 3. The lowest BCUT2D eigenvalue weighted by atomic mass is 9.95. The summed E-state index contributed by atoms with van der Waals surface area (Å²) in [4.78, 5) is 30.2. The van der Waals surface area contributed by atoms with E-state index in [0.29, 0.717) is 17.8 Å². The molecule has 2 aromatic carbocycles. The molecule has 11 nitrogen and oxygen atoms in total. The van der Waals surface area contributed by atoms with Gasteiger partial charge in [0.2, 0.25) is 11.7 Å². The number of hydrogen-bond donors (Lipinski definition) is 4. The third-order valence-electron chi connectivity index (χ3n) is 8.62. The zero-order valence-electron chi connectivity index (χ0n) is 26.1. The van der Waals surface area contributed by atoms with Gasteiger partial charge in [-0.05, 0) is 81.2 Å². The number of carbonyl (C=O) groups is 2. The molecular weight excluding hydrogens is 603 g/mol. The van der Waals surface area contributed by atoms with Gasteiger partial charge in [0.15, 0.2) is 5.82 Å². The molecule has 14 heteroatoms. The maximum absolute atomic E-state index is 12.9. The number of benzene rings is 2. The van der Waals surface area contributed by atoms with E-state index in [2.05, 4.69) is 32.4 Å². The largest absolute Gasteiger partial charge is 0.508 e. The van der Waals surface area contributed by atoms with E-state index >= 15 is 0 Å². The quantitative estimate of drug-likeness (QED) is 0.277. The molecule has 2 aliphatic heterocycles. The summed E-state index contributed by atoms with van der Waals surface area (Å²) in [5, 5.41) is 34.1. The molecule has 4 N–H and O–H groups in total. The number of piperidine rings is 1. The summed E-state index contributed by atoms with van der Waals surface area (Å²) < 4.78 is 40.0. The second-order valence-electron chi connectivity index (χ2n) is 12.5. The third-order valence-corrected chi connectivity index (χ3v) is 8.62. The van der Waals surface area contributed by atoms with Crippen LogP contribution in [0.5, 0.6) is 11.5 Å².